The Labute approximate surface area is 102 Å². The summed E-state index contributed by atoms with van der Waals surface area (Å²) < 4.78 is 11.4. The number of benzene rings is 2. The van der Waals surface area contributed by atoms with Crippen molar-refractivity contribution in [3.05, 3.63) is 36.4 Å². The Kier molecular flexibility index (Phi) is 1.56. The molecule has 4 aromatic rings. The van der Waals surface area contributed by atoms with E-state index in [9.17, 15) is 0 Å². The van der Waals surface area contributed by atoms with Crippen molar-refractivity contribution in [2.24, 2.45) is 0 Å². The van der Waals surface area contributed by atoms with Gasteiger partial charge in [0.2, 0.25) is 0 Å². The van der Waals surface area contributed by atoms with E-state index in [1.165, 1.54) is 0 Å². The van der Waals surface area contributed by atoms with E-state index >= 15 is 0 Å². The molecule has 0 saturated carbocycles. The van der Waals surface area contributed by atoms with Crippen LogP contribution in [0.25, 0.3) is 33.1 Å². The second-order valence-corrected chi connectivity index (χ2v) is 4.31. The lowest BCUT2D eigenvalue weighted by molar-refractivity contribution is 0.526. The number of hydrogen-bond donors (Lipinski definition) is 2. The van der Waals surface area contributed by atoms with E-state index in [1.54, 1.807) is 12.1 Å². The van der Waals surface area contributed by atoms with E-state index in [1.807, 2.05) is 24.3 Å². The highest BCUT2D eigenvalue weighted by molar-refractivity contribution is 6.20. The first-order valence-corrected chi connectivity index (χ1v) is 5.63. The van der Waals surface area contributed by atoms with Gasteiger partial charge in [0, 0.05) is 10.8 Å². The highest BCUT2D eigenvalue weighted by atomic mass is 16.5. The van der Waals surface area contributed by atoms with Gasteiger partial charge in [-0.1, -0.05) is 24.3 Å². The van der Waals surface area contributed by atoms with E-state index in [-0.39, 0.29) is 0 Å². The number of fused-ring (bicyclic) bond motifs is 5. The van der Waals surface area contributed by atoms with Gasteiger partial charge in [0.15, 0.2) is 11.2 Å². The van der Waals surface area contributed by atoms with Gasteiger partial charge in [0.25, 0.3) is 5.78 Å². The van der Waals surface area contributed by atoms with Crippen molar-refractivity contribution in [3.63, 3.8) is 0 Å². The molecule has 0 aliphatic heterocycles. The molecule has 0 aliphatic carbocycles. The number of hydrogen-bond acceptors (Lipinski definition) is 4. The highest BCUT2D eigenvalue weighted by Gasteiger charge is 2.17. The SMILES string of the molecule is Nc1cccc2c1oc1oc3c(N)cccc3c12. The zero-order valence-corrected chi connectivity index (χ0v) is 9.44. The zero-order valence-electron chi connectivity index (χ0n) is 9.44. The molecule has 0 unspecified atom stereocenters. The first-order chi connectivity index (χ1) is 8.75. The van der Waals surface area contributed by atoms with Crippen molar-refractivity contribution < 1.29 is 8.83 Å². The summed E-state index contributed by atoms with van der Waals surface area (Å²) in [4.78, 5) is 0. The summed E-state index contributed by atoms with van der Waals surface area (Å²) in [5.41, 5.74) is 14.3. The Morgan fingerprint density at radius 1 is 0.722 bits per heavy atom. The molecule has 2 aromatic carbocycles. The van der Waals surface area contributed by atoms with Crippen LogP contribution in [0.4, 0.5) is 11.4 Å². The normalized spacial score (nSPS) is 11.8. The smallest absolute Gasteiger partial charge is 0.299 e. The highest BCUT2D eigenvalue weighted by Crippen LogP contribution is 2.40. The van der Waals surface area contributed by atoms with E-state index in [0.717, 1.165) is 16.2 Å². The molecule has 0 amide bonds. The van der Waals surface area contributed by atoms with Crippen LogP contribution >= 0.6 is 0 Å². The average Bonchev–Trinajstić information content (AvgIpc) is 2.88. The Morgan fingerprint density at radius 2 is 1.22 bits per heavy atom. The van der Waals surface area contributed by atoms with Crippen molar-refractivity contribution in [3.8, 4) is 0 Å². The van der Waals surface area contributed by atoms with Gasteiger partial charge >= 0.3 is 0 Å². The second kappa shape index (κ2) is 2.98. The van der Waals surface area contributed by atoms with Gasteiger partial charge in [-0.2, -0.15) is 0 Å². The van der Waals surface area contributed by atoms with Gasteiger partial charge < -0.3 is 20.3 Å². The molecular formula is C14H10N2O2. The number of furan rings is 2. The summed E-state index contributed by atoms with van der Waals surface area (Å²) in [7, 11) is 0. The first-order valence-electron chi connectivity index (χ1n) is 5.63. The Balaban J connectivity index is 2.34. The second-order valence-electron chi connectivity index (χ2n) is 4.31. The Bertz CT molecular complexity index is 831. The lowest BCUT2D eigenvalue weighted by Crippen LogP contribution is -1.84. The molecule has 4 N–H and O–H groups in total. The minimum Gasteiger partial charge on any atom is -0.423 e. The van der Waals surface area contributed by atoms with E-state index < -0.39 is 0 Å². The third-order valence-electron chi connectivity index (χ3n) is 3.22. The molecule has 4 heteroatoms. The summed E-state index contributed by atoms with van der Waals surface area (Å²) in [5.74, 6) is 0.468. The topological polar surface area (TPSA) is 78.3 Å². The molecule has 0 atom stereocenters. The zero-order chi connectivity index (χ0) is 12.3. The minimum absolute atomic E-state index is 0.468. The van der Waals surface area contributed by atoms with E-state index in [4.69, 9.17) is 20.3 Å². The van der Waals surface area contributed by atoms with Gasteiger partial charge in [0.05, 0.1) is 16.8 Å². The monoisotopic (exact) mass is 238 g/mol. The molecule has 0 bridgehead atoms. The molecule has 0 spiro atoms. The molecule has 0 saturated heterocycles. The summed E-state index contributed by atoms with van der Waals surface area (Å²) in [6.45, 7) is 0. The molecule has 0 fully saturated rings. The summed E-state index contributed by atoms with van der Waals surface area (Å²) in [6, 6.07) is 11.4. The molecule has 0 radical (unpaired) electrons. The maximum Gasteiger partial charge on any atom is 0.299 e. The Hall–Kier alpha value is -2.62. The van der Waals surface area contributed by atoms with E-state index in [0.29, 0.717) is 28.3 Å². The first kappa shape index (κ1) is 9.41. The average molecular weight is 238 g/mol. The van der Waals surface area contributed by atoms with Crippen LogP contribution in [0.5, 0.6) is 0 Å². The quantitative estimate of drug-likeness (QED) is 0.459. The van der Waals surface area contributed by atoms with Gasteiger partial charge in [0.1, 0.15) is 0 Å². The molecule has 18 heavy (non-hydrogen) atoms. The van der Waals surface area contributed by atoms with Crippen LogP contribution < -0.4 is 11.5 Å². The van der Waals surface area contributed by atoms with Crippen LogP contribution in [0.2, 0.25) is 0 Å². The summed E-state index contributed by atoms with van der Waals surface area (Å²) >= 11 is 0. The summed E-state index contributed by atoms with van der Waals surface area (Å²) in [6.07, 6.45) is 0. The van der Waals surface area contributed by atoms with Crippen LogP contribution in [0, 0.1) is 0 Å². The molecule has 4 nitrogen and oxygen atoms in total. The van der Waals surface area contributed by atoms with Crippen molar-refractivity contribution in [2.75, 3.05) is 11.5 Å². The van der Waals surface area contributed by atoms with Crippen molar-refractivity contribution >= 4 is 44.5 Å². The third kappa shape index (κ3) is 0.996. The van der Waals surface area contributed by atoms with E-state index in [2.05, 4.69) is 0 Å². The minimum atomic E-state index is 0.468. The van der Waals surface area contributed by atoms with Gasteiger partial charge in [-0.05, 0) is 12.1 Å². The fourth-order valence-corrected chi connectivity index (χ4v) is 2.40. The molecule has 2 heterocycles. The van der Waals surface area contributed by atoms with Gasteiger partial charge in [-0.25, -0.2) is 0 Å². The van der Waals surface area contributed by atoms with Crippen molar-refractivity contribution in [1.29, 1.82) is 0 Å². The van der Waals surface area contributed by atoms with Crippen LogP contribution in [0.15, 0.2) is 45.2 Å². The lowest BCUT2D eigenvalue weighted by atomic mass is 10.1. The van der Waals surface area contributed by atoms with Gasteiger partial charge in [-0.15, -0.1) is 0 Å². The van der Waals surface area contributed by atoms with Crippen LogP contribution in [-0.4, -0.2) is 0 Å². The predicted octanol–water partition coefficient (Wildman–Crippen LogP) is 3.50. The van der Waals surface area contributed by atoms with Gasteiger partial charge in [-0.3, -0.25) is 0 Å². The van der Waals surface area contributed by atoms with Crippen LogP contribution in [0.3, 0.4) is 0 Å². The standard InChI is InChI=1S/C14H10N2O2/c15-9-5-1-3-7-11-8-4-2-6-10(16)13(8)18-14(11)17-12(7)9/h1-6H,15-16H2. The Morgan fingerprint density at radius 3 is 1.72 bits per heavy atom. The number of nitrogen functional groups attached to an aromatic ring is 2. The number of anilines is 2. The fourth-order valence-electron chi connectivity index (χ4n) is 2.40. The molecule has 88 valence electrons. The lowest BCUT2D eigenvalue weighted by Gasteiger charge is -1.95. The number of nitrogens with two attached hydrogens (primary N) is 2. The van der Waals surface area contributed by atoms with Crippen molar-refractivity contribution in [2.45, 2.75) is 0 Å². The number of para-hydroxylation sites is 2. The molecular weight excluding hydrogens is 228 g/mol. The largest absolute Gasteiger partial charge is 0.423 e. The molecule has 2 aromatic heterocycles. The van der Waals surface area contributed by atoms with Crippen LogP contribution in [-0.2, 0) is 0 Å². The summed E-state index contributed by atoms with van der Waals surface area (Å²) in [5, 5.41) is 2.84. The van der Waals surface area contributed by atoms with Crippen LogP contribution in [0.1, 0.15) is 0 Å². The maximum atomic E-state index is 5.89. The maximum absolute atomic E-state index is 5.89. The van der Waals surface area contributed by atoms with Crippen molar-refractivity contribution in [1.82, 2.24) is 0 Å². The fraction of sp³-hybridized carbons (Fsp3) is 0. The number of rotatable bonds is 0. The third-order valence-corrected chi connectivity index (χ3v) is 3.22. The molecule has 4 rings (SSSR count). The predicted molar refractivity (Wildman–Crippen MR) is 72.3 cm³/mol. The molecule has 0 aliphatic rings.